The summed E-state index contributed by atoms with van der Waals surface area (Å²) in [6.45, 7) is 6.32. The molecule has 6 nitrogen and oxygen atoms in total. The Kier molecular flexibility index (Phi) is 50.1. The number of hydrogen-bond acceptors (Lipinski definition) is 5. The highest BCUT2D eigenvalue weighted by atomic mass is 16.5. The van der Waals surface area contributed by atoms with Crippen molar-refractivity contribution in [1.29, 1.82) is 0 Å². The van der Waals surface area contributed by atoms with E-state index in [2.05, 4.69) is 74.7 Å². The Bertz CT molecular complexity index is 1200. The molecule has 3 N–H and O–H groups in total. The minimum Gasteiger partial charge on any atom is -0.462 e. The van der Waals surface area contributed by atoms with Crippen molar-refractivity contribution in [2.75, 3.05) is 6.61 Å². The van der Waals surface area contributed by atoms with Crippen molar-refractivity contribution in [3.8, 4) is 0 Å². The third kappa shape index (κ3) is 47.6. The van der Waals surface area contributed by atoms with Gasteiger partial charge in [-0.25, -0.2) is 0 Å². The summed E-state index contributed by atoms with van der Waals surface area (Å²) in [6, 6.07) is -0.718. The van der Waals surface area contributed by atoms with E-state index in [-0.39, 0.29) is 24.9 Å². The highest BCUT2D eigenvalue weighted by Gasteiger charge is 2.24. The SMILES string of the molecule is CC/C=C/C=C/C=C/C=C\CCCCCC(CC(=O)NC(CO)C(O)CCCCCCCCCCCCCCCC)OC(=O)CCCCCCCCCCC/C=C\C/C=C\CCCCC. The standard InChI is InChI=1S/C59H105NO5/c1-4-7-10-13-16-19-22-25-27-28-29-30-31-34-37-40-43-46-49-52-59(64)65-55(50-47-44-41-38-35-32-24-21-18-15-12-9-6-3)53-58(63)60-56(54-61)57(62)51-48-45-42-39-36-33-26-23-20-17-14-11-8-5-2/h9,12,15-16,18-19,21,24-25,27,32,35,55-57,61-62H,4-8,10-11,13-14,17,20,22-23,26,28-31,33-34,36-54H2,1-3H3,(H,60,63)/b12-9+,18-15+,19-16-,24-21+,27-25-,35-32-. The Balaban J connectivity index is 4.57. The van der Waals surface area contributed by atoms with Gasteiger partial charge in [0.15, 0.2) is 0 Å². The van der Waals surface area contributed by atoms with Crippen LogP contribution in [0.15, 0.2) is 72.9 Å². The molecule has 0 fully saturated rings. The zero-order valence-corrected chi connectivity index (χ0v) is 42.9. The summed E-state index contributed by atoms with van der Waals surface area (Å²) in [6.07, 6.45) is 66.8. The first-order valence-corrected chi connectivity index (χ1v) is 27.7. The number of amides is 1. The molecule has 65 heavy (non-hydrogen) atoms. The minimum atomic E-state index is -0.802. The Morgan fingerprint density at radius 2 is 0.892 bits per heavy atom. The molecular formula is C59H105NO5. The Hall–Kier alpha value is -2.70. The lowest BCUT2D eigenvalue weighted by Crippen LogP contribution is -2.46. The fourth-order valence-corrected chi connectivity index (χ4v) is 8.18. The summed E-state index contributed by atoms with van der Waals surface area (Å²) in [5.41, 5.74) is 0. The number of aliphatic hydroxyl groups is 2. The summed E-state index contributed by atoms with van der Waals surface area (Å²) in [4.78, 5) is 26.2. The molecule has 0 rings (SSSR count). The first-order valence-electron chi connectivity index (χ1n) is 27.7. The summed E-state index contributed by atoms with van der Waals surface area (Å²) in [5, 5.41) is 23.8. The van der Waals surface area contributed by atoms with Crippen LogP contribution in [0.3, 0.4) is 0 Å². The molecule has 0 aromatic heterocycles. The van der Waals surface area contributed by atoms with Gasteiger partial charge in [0, 0.05) is 6.42 Å². The Morgan fingerprint density at radius 1 is 0.477 bits per heavy atom. The first-order chi connectivity index (χ1) is 32.0. The van der Waals surface area contributed by atoms with Crippen molar-refractivity contribution >= 4 is 11.9 Å². The molecule has 1 amide bonds. The van der Waals surface area contributed by atoms with Crippen LogP contribution < -0.4 is 5.32 Å². The molecule has 0 aromatic rings. The summed E-state index contributed by atoms with van der Waals surface area (Å²) in [5.74, 6) is -0.515. The fourth-order valence-electron chi connectivity index (χ4n) is 8.18. The zero-order valence-electron chi connectivity index (χ0n) is 42.9. The number of aliphatic hydroxyl groups excluding tert-OH is 2. The molecule has 0 heterocycles. The maximum absolute atomic E-state index is 13.2. The number of ether oxygens (including phenoxy) is 1. The van der Waals surface area contributed by atoms with Crippen LogP contribution in [0, 0.1) is 0 Å². The van der Waals surface area contributed by atoms with Crippen molar-refractivity contribution in [1.82, 2.24) is 5.32 Å². The Morgan fingerprint density at radius 3 is 1.43 bits per heavy atom. The van der Waals surface area contributed by atoms with Crippen LogP contribution in [0.1, 0.15) is 265 Å². The van der Waals surface area contributed by atoms with Crippen molar-refractivity contribution in [3.63, 3.8) is 0 Å². The molecule has 0 aliphatic heterocycles. The van der Waals surface area contributed by atoms with Crippen LogP contribution in [-0.4, -0.2) is 46.9 Å². The minimum absolute atomic E-state index is 0.0479. The predicted molar refractivity (Wildman–Crippen MR) is 282 cm³/mol. The molecule has 376 valence electrons. The van der Waals surface area contributed by atoms with Crippen LogP contribution >= 0.6 is 0 Å². The zero-order chi connectivity index (χ0) is 47.4. The highest BCUT2D eigenvalue weighted by Crippen LogP contribution is 2.18. The maximum Gasteiger partial charge on any atom is 0.306 e. The quantitative estimate of drug-likeness (QED) is 0.0245. The summed E-state index contributed by atoms with van der Waals surface area (Å²) in [7, 11) is 0. The van der Waals surface area contributed by atoms with Crippen molar-refractivity contribution in [2.24, 2.45) is 0 Å². The predicted octanol–water partition coefficient (Wildman–Crippen LogP) is 17.0. The molecule has 3 atom stereocenters. The summed E-state index contributed by atoms with van der Waals surface area (Å²) < 4.78 is 5.93. The van der Waals surface area contributed by atoms with Gasteiger partial charge in [0.1, 0.15) is 6.10 Å². The lowest BCUT2D eigenvalue weighted by atomic mass is 10.0. The molecular weight excluding hydrogens is 803 g/mol. The van der Waals surface area contributed by atoms with Crippen LogP contribution in [0.4, 0.5) is 0 Å². The van der Waals surface area contributed by atoms with E-state index in [1.54, 1.807) is 0 Å². The normalized spacial score (nSPS) is 13.7. The number of carbonyl (C=O) groups excluding carboxylic acids is 2. The van der Waals surface area contributed by atoms with Crippen molar-refractivity contribution in [3.05, 3.63) is 72.9 Å². The maximum atomic E-state index is 13.2. The highest BCUT2D eigenvalue weighted by molar-refractivity contribution is 5.77. The Labute approximate surface area is 402 Å². The molecule has 3 unspecified atom stereocenters. The third-order valence-electron chi connectivity index (χ3n) is 12.4. The summed E-state index contributed by atoms with van der Waals surface area (Å²) >= 11 is 0. The first kappa shape index (κ1) is 62.3. The van der Waals surface area contributed by atoms with Crippen LogP contribution in [-0.2, 0) is 14.3 Å². The molecule has 0 saturated carbocycles. The van der Waals surface area contributed by atoms with Crippen LogP contribution in [0.25, 0.3) is 0 Å². The van der Waals surface area contributed by atoms with Gasteiger partial charge in [-0.05, 0) is 77.0 Å². The second-order valence-corrected chi connectivity index (χ2v) is 18.7. The topological polar surface area (TPSA) is 95.9 Å². The lowest BCUT2D eigenvalue weighted by molar-refractivity contribution is -0.151. The number of carbonyl (C=O) groups is 2. The number of unbranched alkanes of at least 4 members (excludes halogenated alkanes) is 28. The van der Waals surface area contributed by atoms with Crippen molar-refractivity contribution < 1.29 is 24.5 Å². The van der Waals surface area contributed by atoms with E-state index in [0.29, 0.717) is 19.3 Å². The molecule has 0 aromatic carbocycles. The molecule has 0 bridgehead atoms. The fraction of sp³-hybridized carbons (Fsp3) is 0.763. The molecule has 0 radical (unpaired) electrons. The second-order valence-electron chi connectivity index (χ2n) is 18.7. The number of hydrogen-bond donors (Lipinski definition) is 3. The van der Waals surface area contributed by atoms with Gasteiger partial charge in [0.25, 0.3) is 0 Å². The smallest absolute Gasteiger partial charge is 0.306 e. The van der Waals surface area contributed by atoms with E-state index in [4.69, 9.17) is 4.74 Å². The number of esters is 1. The largest absolute Gasteiger partial charge is 0.462 e. The molecule has 0 aliphatic carbocycles. The van der Waals surface area contributed by atoms with E-state index in [9.17, 15) is 19.8 Å². The second kappa shape index (κ2) is 52.3. The third-order valence-corrected chi connectivity index (χ3v) is 12.4. The average Bonchev–Trinajstić information content (AvgIpc) is 3.30. The van der Waals surface area contributed by atoms with Gasteiger partial charge in [-0.1, -0.05) is 248 Å². The van der Waals surface area contributed by atoms with Crippen LogP contribution in [0.2, 0.25) is 0 Å². The molecule has 0 aliphatic rings. The number of allylic oxidation sites excluding steroid dienone is 12. The van der Waals surface area contributed by atoms with Gasteiger partial charge in [-0.3, -0.25) is 9.59 Å². The molecule has 6 heteroatoms. The molecule has 0 saturated heterocycles. The van der Waals surface area contributed by atoms with Crippen LogP contribution in [0.5, 0.6) is 0 Å². The van der Waals surface area contributed by atoms with E-state index in [1.165, 1.54) is 141 Å². The van der Waals surface area contributed by atoms with Gasteiger partial charge >= 0.3 is 5.97 Å². The van der Waals surface area contributed by atoms with E-state index in [1.807, 2.05) is 24.3 Å². The van der Waals surface area contributed by atoms with E-state index < -0.39 is 18.2 Å². The van der Waals surface area contributed by atoms with Gasteiger partial charge in [0.05, 0.1) is 25.2 Å². The van der Waals surface area contributed by atoms with Gasteiger partial charge in [0.2, 0.25) is 5.91 Å². The van der Waals surface area contributed by atoms with Gasteiger partial charge in [-0.2, -0.15) is 0 Å². The lowest BCUT2D eigenvalue weighted by Gasteiger charge is -2.24. The van der Waals surface area contributed by atoms with Gasteiger partial charge < -0.3 is 20.3 Å². The number of rotatable bonds is 49. The van der Waals surface area contributed by atoms with E-state index in [0.717, 1.165) is 77.0 Å². The molecule has 0 spiro atoms. The number of nitrogens with one attached hydrogen (secondary N) is 1. The average molecular weight is 908 g/mol. The monoisotopic (exact) mass is 908 g/mol. The van der Waals surface area contributed by atoms with Gasteiger partial charge in [-0.15, -0.1) is 0 Å². The van der Waals surface area contributed by atoms with E-state index >= 15 is 0 Å². The van der Waals surface area contributed by atoms with Crippen molar-refractivity contribution in [2.45, 2.75) is 283 Å².